The molecule has 5 heteroatoms. The highest BCUT2D eigenvalue weighted by atomic mass is 19.1. The van der Waals surface area contributed by atoms with E-state index in [0.29, 0.717) is 0 Å². The van der Waals surface area contributed by atoms with E-state index in [2.05, 4.69) is 4.98 Å². The van der Waals surface area contributed by atoms with Crippen LogP contribution in [0.5, 0.6) is 0 Å². The summed E-state index contributed by atoms with van der Waals surface area (Å²) in [6, 6.07) is 2.95. The van der Waals surface area contributed by atoms with Crippen LogP contribution in [0.3, 0.4) is 0 Å². The smallest absolute Gasteiger partial charge is 0.236 e. The highest BCUT2D eigenvalue weighted by Gasteiger charge is 2.30. The maximum absolute atomic E-state index is 13.1. The Balaban J connectivity index is 2.36. The van der Waals surface area contributed by atoms with Crippen molar-refractivity contribution >= 4 is 17.4 Å². The standard InChI is InChI=1S/C9H7FN2O2/c10-9-7(2-1-3-11-9)12-5-6(13)4-8(12)14/h1-3H,4-5H2. The first kappa shape index (κ1) is 8.80. The van der Waals surface area contributed by atoms with Gasteiger partial charge in [-0.1, -0.05) is 0 Å². The summed E-state index contributed by atoms with van der Waals surface area (Å²) in [4.78, 5) is 26.7. The van der Waals surface area contributed by atoms with E-state index in [1.54, 1.807) is 0 Å². The summed E-state index contributed by atoms with van der Waals surface area (Å²) in [6.07, 6.45) is 1.15. The molecule has 1 saturated heterocycles. The Morgan fingerprint density at radius 3 is 2.79 bits per heavy atom. The monoisotopic (exact) mass is 194 g/mol. The molecule has 2 heterocycles. The molecule has 4 nitrogen and oxygen atoms in total. The third-order valence-electron chi connectivity index (χ3n) is 2.01. The molecule has 72 valence electrons. The van der Waals surface area contributed by atoms with Crippen LogP contribution in [0.25, 0.3) is 0 Å². The number of ketones is 1. The molecular weight excluding hydrogens is 187 g/mol. The average Bonchev–Trinajstić information content (AvgIpc) is 2.46. The molecule has 0 radical (unpaired) electrons. The van der Waals surface area contributed by atoms with Crippen molar-refractivity contribution in [2.75, 3.05) is 11.4 Å². The number of aromatic nitrogens is 1. The van der Waals surface area contributed by atoms with Gasteiger partial charge in [-0.2, -0.15) is 4.39 Å². The second kappa shape index (κ2) is 3.17. The summed E-state index contributed by atoms with van der Waals surface area (Å²) in [5.74, 6) is -1.30. The second-order valence-corrected chi connectivity index (χ2v) is 3.01. The molecule has 0 aromatic carbocycles. The van der Waals surface area contributed by atoms with Gasteiger partial charge in [0.05, 0.1) is 18.7 Å². The number of nitrogens with zero attached hydrogens (tertiary/aromatic N) is 2. The number of halogens is 1. The zero-order valence-electron chi connectivity index (χ0n) is 7.24. The number of amides is 1. The Kier molecular flexibility index (Phi) is 1.99. The number of carbonyl (C=O) groups is 2. The summed E-state index contributed by atoms with van der Waals surface area (Å²) in [6.45, 7) is -0.0541. The van der Waals surface area contributed by atoms with Crippen molar-refractivity contribution in [3.05, 3.63) is 24.3 Å². The number of hydrogen-bond acceptors (Lipinski definition) is 3. The summed E-state index contributed by atoms with van der Waals surface area (Å²) in [5, 5.41) is 0. The average molecular weight is 194 g/mol. The molecule has 0 unspecified atom stereocenters. The van der Waals surface area contributed by atoms with Gasteiger partial charge in [0.25, 0.3) is 0 Å². The van der Waals surface area contributed by atoms with E-state index in [4.69, 9.17) is 0 Å². The quantitative estimate of drug-likeness (QED) is 0.484. The van der Waals surface area contributed by atoms with E-state index in [1.807, 2.05) is 0 Å². The Bertz CT molecular complexity index is 406. The van der Waals surface area contributed by atoms with E-state index in [-0.39, 0.29) is 30.3 Å². The van der Waals surface area contributed by atoms with E-state index >= 15 is 0 Å². The van der Waals surface area contributed by atoms with E-state index in [0.717, 1.165) is 4.90 Å². The molecule has 0 atom stereocenters. The summed E-state index contributed by atoms with van der Waals surface area (Å²) in [5.41, 5.74) is 0.0725. The molecule has 1 aliphatic heterocycles. The van der Waals surface area contributed by atoms with Crippen molar-refractivity contribution in [1.82, 2.24) is 4.98 Å². The van der Waals surface area contributed by atoms with Gasteiger partial charge in [-0.3, -0.25) is 9.59 Å². The van der Waals surface area contributed by atoms with Crippen LogP contribution in [0.1, 0.15) is 6.42 Å². The van der Waals surface area contributed by atoms with Crippen LogP contribution in [-0.4, -0.2) is 23.2 Å². The fourth-order valence-corrected chi connectivity index (χ4v) is 1.38. The van der Waals surface area contributed by atoms with E-state index in [9.17, 15) is 14.0 Å². The highest BCUT2D eigenvalue weighted by Crippen LogP contribution is 2.20. The Morgan fingerprint density at radius 2 is 2.21 bits per heavy atom. The molecule has 0 spiro atoms. The second-order valence-electron chi connectivity index (χ2n) is 3.01. The number of hydrogen-bond donors (Lipinski definition) is 0. The fraction of sp³-hybridized carbons (Fsp3) is 0.222. The highest BCUT2D eigenvalue weighted by molar-refractivity contribution is 6.14. The number of carbonyl (C=O) groups excluding carboxylic acids is 2. The predicted molar refractivity (Wildman–Crippen MR) is 46.2 cm³/mol. The molecule has 1 fully saturated rings. The number of Topliss-reactive ketones (excluding diaryl/α,β-unsaturated/α-hetero) is 1. The number of rotatable bonds is 1. The lowest BCUT2D eigenvalue weighted by molar-refractivity contribution is -0.121. The van der Waals surface area contributed by atoms with Gasteiger partial charge in [0.15, 0.2) is 5.78 Å². The van der Waals surface area contributed by atoms with Gasteiger partial charge in [-0.25, -0.2) is 4.98 Å². The Morgan fingerprint density at radius 1 is 1.43 bits per heavy atom. The largest absolute Gasteiger partial charge is 0.300 e. The topological polar surface area (TPSA) is 50.3 Å². The third kappa shape index (κ3) is 1.37. The Labute approximate surface area is 79.4 Å². The minimum atomic E-state index is -0.726. The molecule has 14 heavy (non-hydrogen) atoms. The van der Waals surface area contributed by atoms with Gasteiger partial charge in [-0.15, -0.1) is 0 Å². The first-order valence-electron chi connectivity index (χ1n) is 4.11. The van der Waals surface area contributed by atoms with Gasteiger partial charge in [-0.05, 0) is 12.1 Å². The van der Waals surface area contributed by atoms with Gasteiger partial charge in [0.1, 0.15) is 0 Å². The van der Waals surface area contributed by atoms with Gasteiger partial charge < -0.3 is 4.90 Å². The normalized spacial score (nSPS) is 16.5. The molecule has 0 saturated carbocycles. The number of anilines is 1. The zero-order chi connectivity index (χ0) is 10.1. The van der Waals surface area contributed by atoms with Crippen LogP contribution in [0, 0.1) is 5.95 Å². The lowest BCUT2D eigenvalue weighted by Crippen LogP contribution is -2.25. The van der Waals surface area contributed by atoms with Crippen LogP contribution in [0.15, 0.2) is 18.3 Å². The molecule has 1 aromatic heterocycles. The van der Waals surface area contributed by atoms with Crippen molar-refractivity contribution < 1.29 is 14.0 Å². The van der Waals surface area contributed by atoms with Crippen LogP contribution in [-0.2, 0) is 9.59 Å². The zero-order valence-corrected chi connectivity index (χ0v) is 7.24. The van der Waals surface area contributed by atoms with Crippen LogP contribution in [0.2, 0.25) is 0 Å². The summed E-state index contributed by atoms with van der Waals surface area (Å²) >= 11 is 0. The first-order valence-corrected chi connectivity index (χ1v) is 4.11. The molecular formula is C9H7FN2O2. The summed E-state index contributed by atoms with van der Waals surface area (Å²) < 4.78 is 13.1. The third-order valence-corrected chi connectivity index (χ3v) is 2.01. The lowest BCUT2D eigenvalue weighted by Gasteiger charge is -2.13. The van der Waals surface area contributed by atoms with Crippen LogP contribution >= 0.6 is 0 Å². The van der Waals surface area contributed by atoms with Crippen molar-refractivity contribution in [3.8, 4) is 0 Å². The van der Waals surface area contributed by atoms with Gasteiger partial charge in [0, 0.05) is 6.20 Å². The lowest BCUT2D eigenvalue weighted by atomic mass is 10.3. The van der Waals surface area contributed by atoms with Crippen molar-refractivity contribution in [2.24, 2.45) is 0 Å². The minimum Gasteiger partial charge on any atom is -0.300 e. The molecule has 0 bridgehead atoms. The van der Waals surface area contributed by atoms with Crippen molar-refractivity contribution in [1.29, 1.82) is 0 Å². The van der Waals surface area contributed by atoms with E-state index < -0.39 is 5.95 Å². The van der Waals surface area contributed by atoms with Gasteiger partial charge >= 0.3 is 0 Å². The van der Waals surface area contributed by atoms with Gasteiger partial charge in [0.2, 0.25) is 11.9 Å². The molecule has 1 aromatic rings. The molecule has 1 aliphatic rings. The first-order chi connectivity index (χ1) is 6.68. The summed E-state index contributed by atoms with van der Waals surface area (Å²) in [7, 11) is 0. The van der Waals surface area contributed by atoms with Crippen molar-refractivity contribution in [2.45, 2.75) is 6.42 Å². The number of pyridine rings is 1. The van der Waals surface area contributed by atoms with Crippen molar-refractivity contribution in [3.63, 3.8) is 0 Å². The molecule has 2 rings (SSSR count). The van der Waals surface area contributed by atoms with Crippen LogP contribution in [0.4, 0.5) is 10.1 Å². The fourth-order valence-electron chi connectivity index (χ4n) is 1.38. The SMILES string of the molecule is O=C1CC(=O)N(c2cccnc2F)C1. The minimum absolute atomic E-state index is 0.0541. The van der Waals surface area contributed by atoms with E-state index in [1.165, 1.54) is 18.3 Å². The molecule has 0 N–H and O–H groups in total. The predicted octanol–water partition coefficient (Wildman–Crippen LogP) is 0.526. The maximum Gasteiger partial charge on any atom is 0.236 e. The molecule has 0 aliphatic carbocycles. The maximum atomic E-state index is 13.1. The van der Waals surface area contributed by atoms with Crippen LogP contribution < -0.4 is 4.90 Å². The Hall–Kier alpha value is -1.78. The molecule has 1 amide bonds.